The van der Waals surface area contributed by atoms with Crippen molar-refractivity contribution in [2.75, 3.05) is 0 Å². The second-order valence-electron chi connectivity index (χ2n) is 3.27. The Kier molecular flexibility index (Phi) is 5.28. The fourth-order valence-electron chi connectivity index (χ4n) is 1.56. The molecule has 1 unspecified atom stereocenters. The summed E-state index contributed by atoms with van der Waals surface area (Å²) < 4.78 is 5.51. The van der Waals surface area contributed by atoms with Crippen LogP contribution in [0.2, 0.25) is 0 Å². The van der Waals surface area contributed by atoms with E-state index in [2.05, 4.69) is 20.8 Å². The van der Waals surface area contributed by atoms with E-state index in [1.54, 1.807) is 0 Å². The van der Waals surface area contributed by atoms with Crippen LogP contribution in [-0.4, -0.2) is 20.0 Å². The van der Waals surface area contributed by atoms with Crippen molar-refractivity contribution in [1.29, 1.82) is 0 Å². The van der Waals surface area contributed by atoms with Crippen molar-refractivity contribution < 1.29 is 32.4 Å². The molecule has 3 heteroatoms. The average molecular weight is 339 g/mol. The van der Waals surface area contributed by atoms with Gasteiger partial charge in [0, 0.05) is 6.00 Å². The van der Waals surface area contributed by atoms with E-state index in [0.29, 0.717) is 17.9 Å². The molecule has 57 valence electrons. The summed E-state index contributed by atoms with van der Waals surface area (Å²) in [5, 5.41) is 0. The van der Waals surface area contributed by atoms with Crippen LogP contribution in [0.25, 0.3) is 0 Å². The van der Waals surface area contributed by atoms with E-state index in [1.807, 2.05) is 0 Å². The molecular formula is C8H15BHgO+. The summed E-state index contributed by atoms with van der Waals surface area (Å²) in [5.41, 5.74) is 0. The van der Waals surface area contributed by atoms with Gasteiger partial charge >= 0.3 is 27.7 Å². The molecule has 0 aliphatic carbocycles. The molecular weight excluding hydrogens is 323 g/mol. The summed E-state index contributed by atoms with van der Waals surface area (Å²) in [4.78, 5) is 0. The molecule has 0 saturated carbocycles. The Morgan fingerprint density at radius 2 is 1.82 bits per heavy atom. The molecule has 1 fully saturated rings. The summed E-state index contributed by atoms with van der Waals surface area (Å²) in [6, 6.07) is -0.0278. The summed E-state index contributed by atoms with van der Waals surface area (Å²) in [7, 11) is 5.71. The van der Waals surface area contributed by atoms with Crippen LogP contribution in [0.4, 0.5) is 0 Å². The fourth-order valence-corrected chi connectivity index (χ4v) is 1.56. The van der Waals surface area contributed by atoms with E-state index in [0.717, 1.165) is 6.42 Å². The van der Waals surface area contributed by atoms with Crippen LogP contribution in [0.3, 0.4) is 0 Å². The van der Waals surface area contributed by atoms with Gasteiger partial charge in [0.15, 0.2) is 0 Å². The molecule has 0 aromatic carbocycles. The molecule has 0 N–H and O–H groups in total. The third kappa shape index (κ3) is 2.45. The Balaban J connectivity index is 0.000001000. The fraction of sp³-hybridized carbons (Fsp3) is 1.00. The molecule has 1 aliphatic heterocycles. The molecule has 0 bridgehead atoms. The number of rotatable bonds is 1. The van der Waals surface area contributed by atoms with E-state index < -0.39 is 0 Å². The maximum atomic E-state index is 5.71. The van der Waals surface area contributed by atoms with E-state index in [1.165, 1.54) is 0 Å². The maximum absolute atomic E-state index is 5.71. The topological polar surface area (TPSA) is 9.23 Å². The van der Waals surface area contributed by atoms with Gasteiger partial charge in [0.25, 0.3) is 0 Å². The average Bonchev–Trinajstić information content (AvgIpc) is 2.17. The smallest absolute Gasteiger partial charge is 0.384 e. The maximum Gasteiger partial charge on any atom is 1.00 e. The van der Waals surface area contributed by atoms with E-state index in [4.69, 9.17) is 12.6 Å². The Morgan fingerprint density at radius 3 is 2.00 bits per heavy atom. The van der Waals surface area contributed by atoms with Crippen molar-refractivity contribution in [3.05, 3.63) is 0 Å². The molecule has 0 aromatic heterocycles. The Bertz CT molecular complexity index is 121. The van der Waals surface area contributed by atoms with Gasteiger partial charge in [0.2, 0.25) is 0 Å². The van der Waals surface area contributed by atoms with Gasteiger partial charge in [-0.1, -0.05) is 20.8 Å². The molecule has 1 aliphatic rings. The first-order valence-electron chi connectivity index (χ1n) is 4.07. The second kappa shape index (κ2) is 4.86. The Labute approximate surface area is 91.2 Å². The van der Waals surface area contributed by atoms with Gasteiger partial charge in [0.1, 0.15) is 7.85 Å². The summed E-state index contributed by atoms with van der Waals surface area (Å²) in [6.07, 6.45) is 1.48. The number of ether oxygens (including phenoxy) is 1. The molecule has 1 heterocycles. The molecule has 3 radical (unpaired) electrons. The first kappa shape index (κ1) is 12.0. The van der Waals surface area contributed by atoms with Crippen molar-refractivity contribution in [1.82, 2.24) is 0 Å². The summed E-state index contributed by atoms with van der Waals surface area (Å²) in [5.74, 6) is 1.14. The first-order valence-corrected chi connectivity index (χ1v) is 4.07. The molecule has 1 nitrogen and oxygen atoms in total. The van der Waals surface area contributed by atoms with Crippen LogP contribution in [0.15, 0.2) is 0 Å². The monoisotopic (exact) mass is 340 g/mol. The van der Waals surface area contributed by atoms with Gasteiger partial charge in [-0.05, 0) is 18.3 Å². The van der Waals surface area contributed by atoms with Gasteiger partial charge in [-0.3, -0.25) is 0 Å². The summed E-state index contributed by atoms with van der Waals surface area (Å²) >= 11 is 0. The van der Waals surface area contributed by atoms with Gasteiger partial charge < -0.3 is 4.74 Å². The second-order valence-corrected chi connectivity index (χ2v) is 3.27. The van der Waals surface area contributed by atoms with Crippen molar-refractivity contribution in [2.45, 2.75) is 39.3 Å². The van der Waals surface area contributed by atoms with Crippen molar-refractivity contribution in [3.8, 4) is 0 Å². The zero-order chi connectivity index (χ0) is 7.72. The normalized spacial score (nSPS) is 43.5. The zero-order valence-electron chi connectivity index (χ0n) is 7.71. The van der Waals surface area contributed by atoms with Crippen LogP contribution in [0.5, 0.6) is 0 Å². The van der Waals surface area contributed by atoms with Gasteiger partial charge in [-0.25, -0.2) is 0 Å². The van der Waals surface area contributed by atoms with E-state index in [9.17, 15) is 0 Å². The van der Waals surface area contributed by atoms with Crippen LogP contribution in [-0.2, 0) is 32.4 Å². The SMILES string of the molecule is [B][C@@H]1O[C@H](CC)C(C)[C@@H]1C.[Hg+]. The number of hydrogen-bond donors (Lipinski definition) is 0. The molecule has 1 saturated heterocycles. The van der Waals surface area contributed by atoms with Crippen molar-refractivity contribution >= 4 is 7.85 Å². The Morgan fingerprint density at radius 1 is 1.27 bits per heavy atom. The van der Waals surface area contributed by atoms with Crippen molar-refractivity contribution in [2.24, 2.45) is 11.8 Å². The zero-order valence-corrected chi connectivity index (χ0v) is 13.2. The third-order valence-electron chi connectivity index (χ3n) is 2.67. The molecule has 4 atom stereocenters. The first-order chi connectivity index (χ1) is 4.66. The predicted octanol–water partition coefficient (Wildman–Crippen LogP) is 1.56. The quantitative estimate of drug-likeness (QED) is 0.659. The minimum Gasteiger partial charge on any atom is -0.384 e. The number of hydrogen-bond acceptors (Lipinski definition) is 1. The van der Waals surface area contributed by atoms with Gasteiger partial charge in [-0.15, -0.1) is 0 Å². The molecule has 0 spiro atoms. The van der Waals surface area contributed by atoms with Crippen LogP contribution in [0.1, 0.15) is 27.2 Å². The third-order valence-corrected chi connectivity index (χ3v) is 2.67. The minimum absolute atomic E-state index is 0. The minimum atomic E-state index is -0.0278. The summed E-state index contributed by atoms with van der Waals surface area (Å²) in [6.45, 7) is 6.52. The Hall–Kier alpha value is 0.960. The van der Waals surface area contributed by atoms with Crippen LogP contribution in [0, 0.1) is 11.8 Å². The molecule has 0 aromatic rings. The van der Waals surface area contributed by atoms with Gasteiger partial charge in [0.05, 0.1) is 6.10 Å². The van der Waals surface area contributed by atoms with Crippen LogP contribution < -0.4 is 0 Å². The van der Waals surface area contributed by atoms with Crippen LogP contribution >= 0.6 is 0 Å². The standard InChI is InChI=1S/C8H15BO.Hg/c1-4-7-5(2)6(3)8(9)10-7;/h5-8H,4H2,1-3H3;/q;+1/t5?,6-,7+,8+;/m0./s1. The molecule has 0 amide bonds. The molecule has 11 heavy (non-hydrogen) atoms. The van der Waals surface area contributed by atoms with Crippen molar-refractivity contribution in [3.63, 3.8) is 0 Å². The van der Waals surface area contributed by atoms with Gasteiger partial charge in [-0.2, -0.15) is 0 Å². The molecule has 1 rings (SSSR count). The predicted molar refractivity (Wildman–Crippen MR) is 43.0 cm³/mol. The van der Waals surface area contributed by atoms with E-state index >= 15 is 0 Å². The van der Waals surface area contributed by atoms with E-state index in [-0.39, 0.29) is 33.7 Å². The largest absolute Gasteiger partial charge is 1.00 e.